The van der Waals surface area contributed by atoms with Gasteiger partial charge in [0.2, 0.25) is 11.7 Å². The van der Waals surface area contributed by atoms with E-state index in [1.165, 1.54) is 27.7 Å². The molecule has 1 amide bonds. The van der Waals surface area contributed by atoms with Crippen LogP contribution in [0.1, 0.15) is 11.3 Å². The van der Waals surface area contributed by atoms with Crippen molar-refractivity contribution in [2.45, 2.75) is 18.6 Å². The summed E-state index contributed by atoms with van der Waals surface area (Å²) in [6.07, 6.45) is 1.56. The van der Waals surface area contributed by atoms with E-state index in [0.717, 1.165) is 5.56 Å². The zero-order chi connectivity index (χ0) is 22.9. The van der Waals surface area contributed by atoms with Crippen molar-refractivity contribution in [3.05, 3.63) is 69.7 Å². The van der Waals surface area contributed by atoms with Gasteiger partial charge in [-0.1, -0.05) is 17.8 Å². The Morgan fingerprint density at radius 1 is 1.27 bits per heavy atom. The number of carbonyl (C=O) groups is 1. The number of hydrogen-bond acceptors (Lipinski definition) is 8. The molecule has 0 saturated heterocycles. The van der Waals surface area contributed by atoms with E-state index >= 15 is 0 Å². The van der Waals surface area contributed by atoms with Crippen LogP contribution in [0.25, 0.3) is 16.0 Å². The van der Waals surface area contributed by atoms with Crippen LogP contribution in [-0.4, -0.2) is 37.9 Å². The molecule has 11 heteroatoms. The van der Waals surface area contributed by atoms with Crippen molar-refractivity contribution in [3.8, 4) is 5.75 Å². The molecule has 5 aromatic rings. The normalized spacial score (nSPS) is 11.3. The molecule has 0 radical (unpaired) electrons. The van der Waals surface area contributed by atoms with Gasteiger partial charge >= 0.3 is 0 Å². The minimum atomic E-state index is -0.203. The number of benzene rings is 1. The summed E-state index contributed by atoms with van der Waals surface area (Å²) in [5.41, 5.74) is 2.18. The maximum absolute atomic E-state index is 13.1. The number of amides is 1. The summed E-state index contributed by atoms with van der Waals surface area (Å²) < 4.78 is 14.7. The number of aromatic nitrogens is 4. The van der Waals surface area contributed by atoms with Gasteiger partial charge in [-0.2, -0.15) is 0 Å². The topological polar surface area (TPSA) is 104 Å². The number of furan rings is 1. The van der Waals surface area contributed by atoms with Gasteiger partial charge in [0.1, 0.15) is 16.2 Å². The fourth-order valence-corrected chi connectivity index (χ4v) is 5.09. The van der Waals surface area contributed by atoms with Crippen LogP contribution in [0.3, 0.4) is 0 Å². The van der Waals surface area contributed by atoms with Crippen molar-refractivity contribution >= 4 is 50.7 Å². The van der Waals surface area contributed by atoms with Gasteiger partial charge in [-0.15, -0.1) is 21.5 Å². The van der Waals surface area contributed by atoms with Crippen molar-refractivity contribution in [2.75, 3.05) is 18.2 Å². The minimum absolute atomic E-state index is 0.112. The highest BCUT2D eigenvalue weighted by molar-refractivity contribution is 7.99. The van der Waals surface area contributed by atoms with Gasteiger partial charge < -0.3 is 14.5 Å². The molecule has 0 aliphatic heterocycles. The number of aryl methyl sites for hydroxylation is 1. The Balaban J connectivity index is 1.45. The third-order valence-electron chi connectivity index (χ3n) is 5.04. The predicted molar refractivity (Wildman–Crippen MR) is 128 cm³/mol. The number of carbonyl (C=O) groups excluding carboxylic acids is 1. The first kappa shape index (κ1) is 21.3. The maximum Gasteiger partial charge on any atom is 0.273 e. The standard InChI is InChI=1S/C22H19N5O4S2/c1-13-5-6-17(30-2)15(10-13)23-18(28)12-33-22-25-24-21-26(11-14-4-3-8-31-14)20(29)19-16(27(21)22)7-9-32-19/h3-10H,11-12H2,1-2H3,(H,23,28). The molecule has 33 heavy (non-hydrogen) atoms. The van der Waals surface area contributed by atoms with Crippen LogP contribution < -0.4 is 15.6 Å². The van der Waals surface area contributed by atoms with Gasteiger partial charge in [0.25, 0.3) is 5.56 Å². The highest BCUT2D eigenvalue weighted by Crippen LogP contribution is 2.27. The largest absolute Gasteiger partial charge is 0.495 e. The summed E-state index contributed by atoms with van der Waals surface area (Å²) in [6, 6.07) is 11.0. The Bertz CT molecular complexity index is 1520. The lowest BCUT2D eigenvalue weighted by molar-refractivity contribution is -0.113. The number of anilines is 1. The fraction of sp³-hybridized carbons (Fsp3) is 0.182. The second kappa shape index (κ2) is 8.75. The Hall–Kier alpha value is -3.57. The molecule has 0 bridgehead atoms. The monoisotopic (exact) mass is 481 g/mol. The number of nitrogens with one attached hydrogen (secondary N) is 1. The van der Waals surface area contributed by atoms with Crippen LogP contribution >= 0.6 is 23.1 Å². The molecule has 0 aliphatic rings. The molecule has 5 rings (SSSR count). The molecule has 1 N–H and O–H groups in total. The zero-order valence-corrected chi connectivity index (χ0v) is 19.4. The van der Waals surface area contributed by atoms with Crippen molar-refractivity contribution in [1.82, 2.24) is 19.2 Å². The number of methoxy groups -OCH3 is 1. The average molecular weight is 482 g/mol. The Morgan fingerprint density at radius 3 is 2.94 bits per heavy atom. The first-order valence-electron chi connectivity index (χ1n) is 10.00. The molecular formula is C22H19N5O4S2. The molecule has 4 aromatic heterocycles. The van der Waals surface area contributed by atoms with Gasteiger partial charge in [0.15, 0.2) is 5.16 Å². The van der Waals surface area contributed by atoms with Crippen molar-refractivity contribution in [2.24, 2.45) is 0 Å². The molecule has 4 heterocycles. The van der Waals surface area contributed by atoms with Crippen molar-refractivity contribution in [3.63, 3.8) is 0 Å². The number of thiophene rings is 1. The van der Waals surface area contributed by atoms with Gasteiger partial charge in [-0.25, -0.2) is 0 Å². The van der Waals surface area contributed by atoms with E-state index < -0.39 is 0 Å². The molecule has 168 valence electrons. The van der Waals surface area contributed by atoms with Gasteiger partial charge in [-0.05, 0) is 48.2 Å². The van der Waals surface area contributed by atoms with Crippen molar-refractivity contribution < 1.29 is 13.9 Å². The lowest BCUT2D eigenvalue weighted by Gasteiger charge is -2.11. The van der Waals surface area contributed by atoms with Gasteiger partial charge in [0.05, 0.1) is 36.9 Å². The second-order valence-corrected chi connectivity index (χ2v) is 9.12. The molecular weight excluding hydrogens is 462 g/mol. The zero-order valence-electron chi connectivity index (χ0n) is 17.8. The Labute approximate surface area is 196 Å². The first-order chi connectivity index (χ1) is 16.0. The molecule has 0 fully saturated rings. The number of ether oxygens (including phenoxy) is 1. The third-order valence-corrected chi connectivity index (χ3v) is 6.86. The molecule has 9 nitrogen and oxygen atoms in total. The highest BCUT2D eigenvalue weighted by atomic mass is 32.2. The van der Waals surface area contributed by atoms with E-state index in [4.69, 9.17) is 9.15 Å². The fourth-order valence-electron chi connectivity index (χ4n) is 3.53. The number of rotatable bonds is 7. The van der Waals surface area contributed by atoms with Crippen LogP contribution in [0.5, 0.6) is 5.75 Å². The van der Waals surface area contributed by atoms with E-state index in [-0.39, 0.29) is 23.8 Å². The van der Waals surface area contributed by atoms with Crippen LogP contribution in [-0.2, 0) is 11.3 Å². The predicted octanol–water partition coefficient (Wildman–Crippen LogP) is 3.79. The molecule has 0 saturated carbocycles. The quantitative estimate of drug-likeness (QED) is 0.353. The van der Waals surface area contributed by atoms with Crippen LogP contribution in [0.15, 0.2) is 62.4 Å². The summed E-state index contributed by atoms with van der Waals surface area (Å²) >= 11 is 2.60. The summed E-state index contributed by atoms with van der Waals surface area (Å²) in [5, 5.41) is 13.8. The van der Waals surface area contributed by atoms with Crippen LogP contribution in [0.4, 0.5) is 5.69 Å². The lowest BCUT2D eigenvalue weighted by Crippen LogP contribution is -2.23. The Kier molecular flexibility index (Phi) is 5.65. The van der Waals surface area contributed by atoms with E-state index in [1.54, 1.807) is 29.9 Å². The molecule has 0 spiro atoms. The smallest absolute Gasteiger partial charge is 0.273 e. The molecule has 0 unspecified atom stereocenters. The summed E-state index contributed by atoms with van der Waals surface area (Å²) in [5.74, 6) is 1.53. The number of thioether (sulfide) groups is 1. The molecule has 0 atom stereocenters. The summed E-state index contributed by atoms with van der Waals surface area (Å²) in [4.78, 5) is 25.7. The third kappa shape index (κ3) is 4.00. The minimum Gasteiger partial charge on any atom is -0.495 e. The number of fused-ring (bicyclic) bond motifs is 3. The van der Waals surface area contributed by atoms with Crippen LogP contribution in [0.2, 0.25) is 0 Å². The molecule has 1 aromatic carbocycles. The number of nitrogens with zero attached hydrogens (tertiary/aromatic N) is 4. The van der Waals surface area contributed by atoms with E-state index in [1.807, 2.05) is 36.6 Å². The number of hydrogen-bond donors (Lipinski definition) is 1. The maximum atomic E-state index is 13.1. The van der Waals surface area contributed by atoms with Crippen LogP contribution in [0, 0.1) is 6.92 Å². The van der Waals surface area contributed by atoms with E-state index in [9.17, 15) is 9.59 Å². The van der Waals surface area contributed by atoms with Crippen molar-refractivity contribution in [1.29, 1.82) is 0 Å². The van der Waals surface area contributed by atoms with Gasteiger partial charge in [-0.3, -0.25) is 18.6 Å². The Morgan fingerprint density at radius 2 is 2.15 bits per heavy atom. The lowest BCUT2D eigenvalue weighted by atomic mass is 10.2. The second-order valence-electron chi connectivity index (χ2n) is 7.26. The highest BCUT2D eigenvalue weighted by Gasteiger charge is 2.19. The first-order valence-corrected chi connectivity index (χ1v) is 11.9. The van der Waals surface area contributed by atoms with E-state index in [0.29, 0.717) is 38.3 Å². The summed E-state index contributed by atoms with van der Waals surface area (Å²) in [6.45, 7) is 2.18. The van der Waals surface area contributed by atoms with Gasteiger partial charge in [0, 0.05) is 0 Å². The van der Waals surface area contributed by atoms with E-state index in [2.05, 4.69) is 15.5 Å². The molecule has 0 aliphatic carbocycles. The average Bonchev–Trinajstić information content (AvgIpc) is 3.56. The SMILES string of the molecule is COc1ccc(C)cc1NC(=O)CSc1nnc2n(Cc3ccco3)c(=O)c3sccc3n12. The summed E-state index contributed by atoms with van der Waals surface area (Å²) in [7, 11) is 1.56.